The van der Waals surface area contributed by atoms with Crippen LogP contribution >= 0.6 is 15.9 Å². The lowest BCUT2D eigenvalue weighted by Crippen LogP contribution is -2.13. The van der Waals surface area contributed by atoms with Gasteiger partial charge in [0.25, 0.3) is 0 Å². The fraction of sp³-hybridized carbons (Fsp3) is 0.250. The van der Waals surface area contributed by atoms with E-state index in [1.54, 1.807) is 11.0 Å². The maximum absolute atomic E-state index is 5.14. The van der Waals surface area contributed by atoms with Gasteiger partial charge in [-0.15, -0.1) is 0 Å². The highest BCUT2D eigenvalue weighted by Crippen LogP contribution is 2.12. The molecular formula is C12H13BrN4O. The summed E-state index contributed by atoms with van der Waals surface area (Å²) in [6, 6.07) is 7.91. The van der Waals surface area contributed by atoms with E-state index in [-0.39, 0.29) is 0 Å². The van der Waals surface area contributed by atoms with Crippen LogP contribution in [0.15, 0.2) is 46.5 Å². The van der Waals surface area contributed by atoms with E-state index in [0.717, 1.165) is 15.7 Å². The van der Waals surface area contributed by atoms with Crippen molar-refractivity contribution in [2.75, 3.05) is 6.61 Å². The number of benzene rings is 1. The molecule has 0 aliphatic heterocycles. The normalized spacial score (nSPS) is 11.6. The third-order valence-corrected chi connectivity index (χ3v) is 2.79. The van der Waals surface area contributed by atoms with E-state index < -0.39 is 0 Å². The van der Waals surface area contributed by atoms with Crippen LogP contribution < -0.4 is 0 Å². The summed E-state index contributed by atoms with van der Waals surface area (Å²) in [5.74, 6) is 0. The largest absolute Gasteiger partial charge is 0.396 e. The monoisotopic (exact) mass is 308 g/mol. The van der Waals surface area contributed by atoms with Crippen LogP contribution in [0.5, 0.6) is 0 Å². The van der Waals surface area contributed by atoms with Gasteiger partial charge in [-0.1, -0.05) is 33.2 Å². The SMILES string of the molecule is CCON=C(Cn1cncn1)c1ccc(Br)cc1. The minimum Gasteiger partial charge on any atom is -0.396 e. The van der Waals surface area contributed by atoms with Crippen molar-refractivity contribution in [2.45, 2.75) is 13.5 Å². The lowest BCUT2D eigenvalue weighted by molar-refractivity contribution is 0.158. The zero-order chi connectivity index (χ0) is 12.8. The van der Waals surface area contributed by atoms with E-state index in [1.165, 1.54) is 6.33 Å². The summed E-state index contributed by atoms with van der Waals surface area (Å²) >= 11 is 3.41. The third kappa shape index (κ3) is 3.40. The quantitative estimate of drug-likeness (QED) is 0.630. The van der Waals surface area contributed by atoms with Crippen molar-refractivity contribution >= 4 is 21.6 Å². The molecule has 6 heteroatoms. The van der Waals surface area contributed by atoms with Gasteiger partial charge in [-0.2, -0.15) is 5.10 Å². The maximum Gasteiger partial charge on any atom is 0.137 e. The van der Waals surface area contributed by atoms with E-state index in [4.69, 9.17) is 4.84 Å². The topological polar surface area (TPSA) is 52.3 Å². The van der Waals surface area contributed by atoms with E-state index in [0.29, 0.717) is 13.2 Å². The molecule has 0 aliphatic rings. The molecule has 0 saturated heterocycles. The Morgan fingerprint density at radius 2 is 2.17 bits per heavy atom. The van der Waals surface area contributed by atoms with Gasteiger partial charge in [0.2, 0.25) is 0 Å². The van der Waals surface area contributed by atoms with E-state index in [2.05, 4.69) is 31.2 Å². The lowest BCUT2D eigenvalue weighted by Gasteiger charge is -2.06. The van der Waals surface area contributed by atoms with Crippen molar-refractivity contribution in [2.24, 2.45) is 5.16 Å². The first kappa shape index (κ1) is 12.8. The first-order chi connectivity index (χ1) is 8.79. The average Bonchev–Trinajstić information content (AvgIpc) is 2.88. The number of nitrogens with zero attached hydrogens (tertiary/aromatic N) is 4. The molecule has 0 saturated carbocycles. The molecule has 18 heavy (non-hydrogen) atoms. The van der Waals surface area contributed by atoms with Gasteiger partial charge >= 0.3 is 0 Å². The molecule has 1 heterocycles. The minimum atomic E-state index is 0.529. The van der Waals surface area contributed by atoms with Gasteiger partial charge in [0.05, 0.1) is 6.54 Å². The Hall–Kier alpha value is -1.69. The molecule has 1 aromatic heterocycles. The summed E-state index contributed by atoms with van der Waals surface area (Å²) in [4.78, 5) is 9.06. The fourth-order valence-electron chi connectivity index (χ4n) is 1.43. The fourth-order valence-corrected chi connectivity index (χ4v) is 1.69. The Bertz CT molecular complexity index is 507. The molecule has 1 aromatic carbocycles. The average molecular weight is 309 g/mol. The molecule has 0 fully saturated rings. The standard InChI is InChI=1S/C12H13BrN4O/c1-2-18-16-12(7-17-9-14-8-15-17)10-3-5-11(13)6-4-10/h3-6,8-9H,2,7H2,1H3. The zero-order valence-electron chi connectivity index (χ0n) is 9.95. The molecule has 94 valence electrons. The van der Waals surface area contributed by atoms with E-state index in [9.17, 15) is 0 Å². The Balaban J connectivity index is 2.22. The number of hydrogen-bond donors (Lipinski definition) is 0. The molecule has 0 amide bonds. The van der Waals surface area contributed by atoms with Gasteiger partial charge in [-0.3, -0.25) is 0 Å². The second kappa shape index (κ2) is 6.30. The van der Waals surface area contributed by atoms with Crippen molar-refractivity contribution in [3.8, 4) is 0 Å². The molecule has 0 N–H and O–H groups in total. The van der Waals surface area contributed by atoms with Crippen LogP contribution in [0.3, 0.4) is 0 Å². The van der Waals surface area contributed by atoms with Crippen LogP contribution in [0.4, 0.5) is 0 Å². The minimum absolute atomic E-state index is 0.529. The molecule has 2 aromatic rings. The predicted octanol–water partition coefficient (Wildman–Crippen LogP) is 2.48. The Morgan fingerprint density at radius 3 is 2.78 bits per heavy atom. The Morgan fingerprint density at radius 1 is 1.39 bits per heavy atom. The van der Waals surface area contributed by atoms with Crippen molar-refractivity contribution < 1.29 is 4.84 Å². The zero-order valence-corrected chi connectivity index (χ0v) is 11.5. The molecule has 0 bridgehead atoms. The van der Waals surface area contributed by atoms with Gasteiger partial charge in [0.1, 0.15) is 25.0 Å². The summed E-state index contributed by atoms with van der Waals surface area (Å²) in [6.45, 7) is 2.97. The molecule has 2 rings (SSSR count). The summed E-state index contributed by atoms with van der Waals surface area (Å²) in [5, 5.41) is 8.20. The highest BCUT2D eigenvalue weighted by atomic mass is 79.9. The van der Waals surface area contributed by atoms with Crippen molar-refractivity contribution in [3.63, 3.8) is 0 Å². The van der Waals surface area contributed by atoms with E-state index in [1.807, 2.05) is 31.2 Å². The highest BCUT2D eigenvalue weighted by Gasteiger charge is 2.06. The van der Waals surface area contributed by atoms with Crippen molar-refractivity contribution in [3.05, 3.63) is 47.0 Å². The van der Waals surface area contributed by atoms with Gasteiger partial charge in [-0.05, 0) is 19.1 Å². The lowest BCUT2D eigenvalue weighted by atomic mass is 10.1. The van der Waals surface area contributed by atoms with Crippen LogP contribution in [0.1, 0.15) is 12.5 Å². The first-order valence-electron chi connectivity index (χ1n) is 5.56. The van der Waals surface area contributed by atoms with Crippen LogP contribution in [0.25, 0.3) is 0 Å². The van der Waals surface area contributed by atoms with Gasteiger partial charge in [-0.25, -0.2) is 9.67 Å². The Kier molecular flexibility index (Phi) is 4.46. The number of halogens is 1. The summed E-state index contributed by atoms with van der Waals surface area (Å²) in [5.41, 5.74) is 1.82. The number of aromatic nitrogens is 3. The van der Waals surface area contributed by atoms with Crippen LogP contribution in [0, 0.1) is 0 Å². The second-order valence-corrected chi connectivity index (χ2v) is 4.47. The second-order valence-electron chi connectivity index (χ2n) is 3.56. The van der Waals surface area contributed by atoms with Gasteiger partial charge in [0, 0.05) is 10.0 Å². The Labute approximate surface area is 114 Å². The number of rotatable bonds is 5. The van der Waals surface area contributed by atoms with Gasteiger partial charge < -0.3 is 4.84 Å². The third-order valence-electron chi connectivity index (χ3n) is 2.26. The summed E-state index contributed by atoms with van der Waals surface area (Å²) in [6.07, 6.45) is 3.15. The van der Waals surface area contributed by atoms with Crippen molar-refractivity contribution in [1.82, 2.24) is 14.8 Å². The first-order valence-corrected chi connectivity index (χ1v) is 6.36. The molecule has 5 nitrogen and oxygen atoms in total. The van der Waals surface area contributed by atoms with Crippen LogP contribution in [0.2, 0.25) is 0 Å². The molecular weight excluding hydrogens is 296 g/mol. The van der Waals surface area contributed by atoms with Crippen LogP contribution in [-0.2, 0) is 11.4 Å². The smallest absolute Gasteiger partial charge is 0.137 e. The molecule has 0 spiro atoms. The highest BCUT2D eigenvalue weighted by molar-refractivity contribution is 9.10. The summed E-state index contributed by atoms with van der Waals surface area (Å²) in [7, 11) is 0. The van der Waals surface area contributed by atoms with Crippen molar-refractivity contribution in [1.29, 1.82) is 0 Å². The molecule has 0 unspecified atom stereocenters. The van der Waals surface area contributed by atoms with Gasteiger partial charge in [0.15, 0.2) is 0 Å². The predicted molar refractivity (Wildman–Crippen MR) is 72.3 cm³/mol. The van der Waals surface area contributed by atoms with Crippen LogP contribution in [-0.4, -0.2) is 27.1 Å². The number of hydrogen-bond acceptors (Lipinski definition) is 4. The number of oxime groups is 1. The maximum atomic E-state index is 5.14. The van der Waals surface area contributed by atoms with E-state index >= 15 is 0 Å². The molecule has 0 radical (unpaired) electrons. The molecule has 0 aliphatic carbocycles. The summed E-state index contributed by atoms with van der Waals surface area (Å²) < 4.78 is 2.74. The molecule has 0 atom stereocenters.